The molecule has 3 aliphatic heterocycles. The van der Waals surface area contributed by atoms with Gasteiger partial charge < -0.3 is 4.57 Å². The minimum Gasteiger partial charge on any atom is -0.309 e. The molecule has 9 aromatic rings. The first-order chi connectivity index (χ1) is 26.3. The molecular weight excluding hydrogens is 672 g/mol. The van der Waals surface area contributed by atoms with E-state index < -0.39 is 8.07 Å². The van der Waals surface area contributed by atoms with Gasteiger partial charge in [-0.05, 0) is 57.1 Å². The first kappa shape index (κ1) is 29.8. The first-order valence-corrected chi connectivity index (χ1v) is 21.4. The number of hydrogen-bond acceptors (Lipinski definition) is 1. The van der Waals surface area contributed by atoms with Crippen molar-refractivity contribution in [3.63, 3.8) is 0 Å². The SMILES string of the molecule is c1ccc(-n2c3ccccc3c3cc(B4c5ccccc5[Si]5(c6ccccc64)c4ccccc4B4c6ccccc6Sc6cccc5c64)ccc32)cc1. The van der Waals surface area contributed by atoms with Gasteiger partial charge >= 0.3 is 0 Å². The molecule has 0 N–H and O–H groups in total. The highest BCUT2D eigenvalue weighted by Gasteiger charge is 2.56. The molecule has 0 unspecified atom stereocenters. The van der Waals surface area contributed by atoms with Gasteiger partial charge in [0.05, 0.1) is 11.0 Å². The molecule has 0 aliphatic carbocycles. The number of nitrogens with zero attached hydrogens (tertiary/aromatic N) is 1. The number of benzene rings is 8. The van der Waals surface area contributed by atoms with Crippen molar-refractivity contribution in [3.8, 4) is 5.69 Å². The molecule has 0 saturated heterocycles. The molecule has 4 heterocycles. The Hall–Kier alpha value is -5.74. The zero-order valence-corrected chi connectivity index (χ0v) is 30.7. The quantitative estimate of drug-likeness (QED) is 0.244. The Morgan fingerprint density at radius 2 is 0.943 bits per heavy atom. The van der Waals surface area contributed by atoms with Gasteiger partial charge in [-0.3, -0.25) is 0 Å². The van der Waals surface area contributed by atoms with Gasteiger partial charge in [-0.1, -0.05) is 196 Å². The smallest absolute Gasteiger partial charge is 0.243 e. The number of para-hydroxylation sites is 2. The predicted molar refractivity (Wildman–Crippen MR) is 231 cm³/mol. The Morgan fingerprint density at radius 1 is 0.396 bits per heavy atom. The van der Waals surface area contributed by atoms with Gasteiger partial charge in [0.25, 0.3) is 0 Å². The predicted octanol–water partition coefficient (Wildman–Crippen LogP) is 4.28. The maximum atomic E-state index is 2.50. The van der Waals surface area contributed by atoms with E-state index in [0.29, 0.717) is 0 Å². The third kappa shape index (κ3) is 3.91. The van der Waals surface area contributed by atoms with Crippen LogP contribution in [0.5, 0.6) is 0 Å². The molecular formula is C48H31B2NSSi. The van der Waals surface area contributed by atoms with Crippen LogP contribution < -0.4 is 53.5 Å². The van der Waals surface area contributed by atoms with Crippen molar-refractivity contribution >= 4 is 109 Å². The minimum atomic E-state index is -2.76. The van der Waals surface area contributed by atoms with Crippen LogP contribution in [0.1, 0.15) is 0 Å². The molecule has 5 heteroatoms. The zero-order valence-electron chi connectivity index (χ0n) is 28.9. The lowest BCUT2D eigenvalue weighted by Crippen LogP contribution is -2.93. The van der Waals surface area contributed by atoms with E-state index in [1.807, 2.05) is 11.8 Å². The van der Waals surface area contributed by atoms with E-state index >= 15 is 0 Å². The Labute approximate surface area is 315 Å². The van der Waals surface area contributed by atoms with E-state index in [4.69, 9.17) is 0 Å². The van der Waals surface area contributed by atoms with Gasteiger partial charge in [0.2, 0.25) is 13.4 Å². The van der Waals surface area contributed by atoms with E-state index in [0.717, 1.165) is 0 Å². The second-order valence-electron chi connectivity index (χ2n) is 14.7. The fourth-order valence-corrected chi connectivity index (χ4v) is 17.4. The molecule has 1 nitrogen and oxygen atoms in total. The third-order valence-corrected chi connectivity index (χ3v) is 18.5. The van der Waals surface area contributed by atoms with Crippen LogP contribution in [0.15, 0.2) is 198 Å². The van der Waals surface area contributed by atoms with Crippen molar-refractivity contribution in [2.75, 3.05) is 0 Å². The van der Waals surface area contributed by atoms with Crippen molar-refractivity contribution in [2.24, 2.45) is 0 Å². The van der Waals surface area contributed by atoms with Gasteiger partial charge in [0, 0.05) is 26.3 Å². The summed E-state index contributed by atoms with van der Waals surface area (Å²) in [7, 11) is -2.76. The molecule has 3 aliphatic rings. The van der Waals surface area contributed by atoms with Crippen LogP contribution >= 0.6 is 11.8 Å². The molecule has 0 amide bonds. The topological polar surface area (TPSA) is 4.93 Å². The zero-order chi connectivity index (χ0) is 34.7. The molecule has 12 rings (SSSR count). The van der Waals surface area contributed by atoms with Crippen LogP contribution in [-0.4, -0.2) is 26.1 Å². The molecule has 8 aromatic carbocycles. The summed E-state index contributed by atoms with van der Waals surface area (Å²) in [5.74, 6) is 0. The van der Waals surface area contributed by atoms with Crippen molar-refractivity contribution in [3.05, 3.63) is 188 Å². The van der Waals surface area contributed by atoms with E-state index in [2.05, 4.69) is 193 Å². The summed E-state index contributed by atoms with van der Waals surface area (Å²) >= 11 is 1.95. The molecule has 0 bridgehead atoms. The minimum absolute atomic E-state index is 0.114. The fourth-order valence-electron chi connectivity index (χ4n) is 10.4. The summed E-state index contributed by atoms with van der Waals surface area (Å²) in [5, 5.41) is 8.74. The standard InChI is InChI=1S/C48H31B2NSSi/c1-2-15-33(16-3-1)51-40-22-9-4-17-34(40)35-31-32(29-30-41(35)51)49-37-19-6-11-25-44(37)53(45-26-12-7-20-38(45)49)46-27-13-8-21-39(46)50-36-18-5-10-23-42(36)52-43-24-14-28-47(53)48(43)50/h1-31H. The fraction of sp³-hybridized carbons (Fsp3) is 0. The number of fused-ring (bicyclic) bond motifs is 13. The molecule has 0 atom stereocenters. The first-order valence-electron chi connectivity index (χ1n) is 18.6. The van der Waals surface area contributed by atoms with Crippen LogP contribution in [0.4, 0.5) is 0 Å². The van der Waals surface area contributed by atoms with Gasteiger partial charge in [-0.25, -0.2) is 0 Å². The molecule has 0 saturated carbocycles. The lowest BCUT2D eigenvalue weighted by atomic mass is 9.36. The van der Waals surface area contributed by atoms with E-state index in [1.165, 1.54) is 85.6 Å². The van der Waals surface area contributed by atoms with Gasteiger partial charge in [0.15, 0.2) is 8.07 Å². The molecule has 1 spiro atoms. The van der Waals surface area contributed by atoms with Crippen molar-refractivity contribution in [1.29, 1.82) is 0 Å². The summed E-state index contributed by atoms with van der Waals surface area (Å²) in [4.78, 5) is 2.79. The largest absolute Gasteiger partial charge is 0.309 e. The Balaban J connectivity index is 1.15. The second kappa shape index (κ2) is 11.1. The number of rotatable bonds is 2. The lowest BCUT2D eigenvalue weighted by molar-refractivity contribution is 1.18. The molecule has 0 fully saturated rings. The Bertz CT molecular complexity index is 2920. The average molecular weight is 704 g/mol. The second-order valence-corrected chi connectivity index (χ2v) is 19.4. The van der Waals surface area contributed by atoms with Crippen molar-refractivity contribution < 1.29 is 0 Å². The summed E-state index contributed by atoms with van der Waals surface area (Å²) in [6.07, 6.45) is 0. The maximum absolute atomic E-state index is 2.76. The van der Waals surface area contributed by atoms with Crippen molar-refractivity contribution in [1.82, 2.24) is 4.57 Å². The van der Waals surface area contributed by atoms with Crippen LogP contribution in [0.3, 0.4) is 0 Å². The van der Waals surface area contributed by atoms with E-state index in [9.17, 15) is 0 Å². The lowest BCUT2D eigenvalue weighted by Gasteiger charge is -2.49. The highest BCUT2D eigenvalue weighted by Crippen LogP contribution is 2.33. The van der Waals surface area contributed by atoms with Crippen LogP contribution in [0.25, 0.3) is 27.5 Å². The summed E-state index contributed by atoms with van der Waals surface area (Å²) < 4.78 is 2.42. The number of hydrogen-bond donors (Lipinski definition) is 0. The molecule has 0 radical (unpaired) electrons. The Morgan fingerprint density at radius 3 is 1.68 bits per heavy atom. The summed E-state index contributed by atoms with van der Waals surface area (Å²) in [5.41, 5.74) is 12.3. The van der Waals surface area contributed by atoms with Crippen LogP contribution in [0, 0.1) is 0 Å². The van der Waals surface area contributed by atoms with Crippen LogP contribution in [-0.2, 0) is 0 Å². The molecule has 244 valence electrons. The summed E-state index contributed by atoms with van der Waals surface area (Å²) in [6, 6.07) is 71.7. The average Bonchev–Trinajstić information content (AvgIpc) is 3.56. The third-order valence-electron chi connectivity index (χ3n) is 12.3. The van der Waals surface area contributed by atoms with Gasteiger partial charge in [-0.2, -0.15) is 0 Å². The van der Waals surface area contributed by atoms with E-state index in [-0.39, 0.29) is 13.4 Å². The number of aromatic nitrogens is 1. The van der Waals surface area contributed by atoms with Crippen LogP contribution in [0.2, 0.25) is 0 Å². The van der Waals surface area contributed by atoms with Gasteiger partial charge in [0.1, 0.15) is 0 Å². The highest BCUT2D eigenvalue weighted by atomic mass is 32.2. The maximum Gasteiger partial charge on any atom is 0.243 e. The molecule has 53 heavy (non-hydrogen) atoms. The summed E-state index contributed by atoms with van der Waals surface area (Å²) in [6.45, 7) is 0.345. The van der Waals surface area contributed by atoms with Crippen molar-refractivity contribution in [2.45, 2.75) is 9.79 Å². The van der Waals surface area contributed by atoms with Gasteiger partial charge in [-0.15, -0.1) is 0 Å². The van der Waals surface area contributed by atoms with E-state index in [1.54, 1.807) is 5.19 Å². The monoisotopic (exact) mass is 703 g/mol. The normalized spacial score (nSPS) is 14.4. The Kier molecular flexibility index (Phi) is 6.26. The highest BCUT2D eigenvalue weighted by molar-refractivity contribution is 8.00. The molecule has 1 aromatic heterocycles.